The molecule has 11 nitrogen and oxygen atoms in total. The lowest BCUT2D eigenvalue weighted by molar-refractivity contribution is -0.144. The van der Waals surface area contributed by atoms with E-state index in [1.165, 1.54) is 14.2 Å². The van der Waals surface area contributed by atoms with Crippen molar-refractivity contribution < 1.29 is 39.4 Å². The molecule has 0 amide bonds. The number of aromatic nitrogens is 1. The van der Waals surface area contributed by atoms with Gasteiger partial charge in [0.2, 0.25) is 5.75 Å². The van der Waals surface area contributed by atoms with E-state index in [0.29, 0.717) is 61.4 Å². The lowest BCUT2D eigenvalue weighted by Gasteiger charge is -2.40. The number of methoxy groups -OCH3 is 2. The zero-order chi connectivity index (χ0) is 33.5. The number of piperidine rings is 1. The van der Waals surface area contributed by atoms with E-state index >= 15 is 0 Å². The standard InChI is InChI=1S/C36H49N3O8/c1-21-4-7-24(14-23-10-12-38-34(37)16-23)28(39-21)20-46-33-18-25(17-32(45-3)35(33)43)36-27(11-13-40)30(42)19-26(47-36)8-5-22-6-9-29(41)31(15-22)44-2/h6,9-10,12,15-18,21,24,26-28,30,36,39-43H,4-5,7-8,11,13-14,19-20H2,1-3H3,(H2,37,38)/t21-,24+,26-,27-,28+,30-,36+/m0/s1. The van der Waals surface area contributed by atoms with Crippen molar-refractivity contribution in [3.63, 3.8) is 0 Å². The fourth-order valence-electron chi connectivity index (χ4n) is 7.03. The number of aryl methyl sites for hydroxylation is 1. The minimum atomic E-state index is -0.708. The molecule has 0 spiro atoms. The molecule has 2 aliphatic rings. The average molecular weight is 652 g/mol. The summed E-state index contributed by atoms with van der Waals surface area (Å²) < 4.78 is 23.8. The van der Waals surface area contributed by atoms with Crippen LogP contribution >= 0.6 is 0 Å². The van der Waals surface area contributed by atoms with E-state index in [1.54, 1.807) is 30.5 Å². The summed E-state index contributed by atoms with van der Waals surface area (Å²) in [6.07, 6.45) is 5.12. The van der Waals surface area contributed by atoms with Crippen LogP contribution in [0.5, 0.6) is 28.7 Å². The molecule has 0 aliphatic carbocycles. The second-order valence-electron chi connectivity index (χ2n) is 12.9. The largest absolute Gasteiger partial charge is 0.504 e. The molecule has 3 heterocycles. The number of phenolic OH excluding ortho intramolecular Hbond substituents is 2. The summed E-state index contributed by atoms with van der Waals surface area (Å²) in [5.74, 6) is 1.31. The molecule has 11 heteroatoms. The van der Waals surface area contributed by atoms with Gasteiger partial charge >= 0.3 is 0 Å². The van der Waals surface area contributed by atoms with Crippen molar-refractivity contribution in [2.24, 2.45) is 11.8 Å². The van der Waals surface area contributed by atoms with E-state index < -0.39 is 12.2 Å². The topological polar surface area (TPSA) is 169 Å². The van der Waals surface area contributed by atoms with Crippen molar-refractivity contribution in [1.82, 2.24) is 10.3 Å². The van der Waals surface area contributed by atoms with Gasteiger partial charge in [0, 0.05) is 30.8 Å². The summed E-state index contributed by atoms with van der Waals surface area (Å²) in [4.78, 5) is 4.12. The zero-order valence-corrected chi connectivity index (χ0v) is 27.5. The summed E-state index contributed by atoms with van der Waals surface area (Å²) in [6.45, 7) is 2.38. The molecule has 7 atom stereocenters. The first-order chi connectivity index (χ1) is 22.7. The number of nitrogens with one attached hydrogen (secondary N) is 1. The lowest BCUT2D eigenvalue weighted by Crippen LogP contribution is -2.50. The van der Waals surface area contributed by atoms with Gasteiger partial charge in [-0.3, -0.25) is 0 Å². The molecular formula is C36H49N3O8. The van der Waals surface area contributed by atoms with Gasteiger partial charge in [-0.05, 0) is 111 Å². The maximum Gasteiger partial charge on any atom is 0.200 e. The van der Waals surface area contributed by atoms with E-state index in [2.05, 4.69) is 17.2 Å². The van der Waals surface area contributed by atoms with Crippen molar-refractivity contribution in [3.8, 4) is 28.7 Å². The van der Waals surface area contributed by atoms with Gasteiger partial charge in [0.15, 0.2) is 23.0 Å². The van der Waals surface area contributed by atoms with Crippen molar-refractivity contribution in [1.29, 1.82) is 0 Å². The number of aliphatic hydroxyl groups excluding tert-OH is 2. The maximum atomic E-state index is 11.3. The summed E-state index contributed by atoms with van der Waals surface area (Å²) in [6, 6.07) is 13.0. The molecule has 5 rings (SSSR count). The van der Waals surface area contributed by atoms with Crippen LogP contribution < -0.4 is 25.3 Å². The number of pyridine rings is 1. The van der Waals surface area contributed by atoms with E-state index in [9.17, 15) is 20.4 Å². The van der Waals surface area contributed by atoms with Crippen molar-refractivity contribution in [2.45, 2.75) is 82.3 Å². The lowest BCUT2D eigenvalue weighted by atomic mass is 9.82. The number of anilines is 1. The number of aliphatic hydroxyl groups is 2. The number of rotatable bonds is 13. The van der Waals surface area contributed by atoms with Crippen LogP contribution in [0.2, 0.25) is 0 Å². The minimum Gasteiger partial charge on any atom is -0.504 e. The van der Waals surface area contributed by atoms with Gasteiger partial charge in [-0.25, -0.2) is 4.98 Å². The molecule has 0 radical (unpaired) electrons. The summed E-state index contributed by atoms with van der Waals surface area (Å²) >= 11 is 0. The monoisotopic (exact) mass is 651 g/mol. The Balaban J connectivity index is 1.34. The van der Waals surface area contributed by atoms with Crippen molar-refractivity contribution >= 4 is 5.82 Å². The first-order valence-electron chi connectivity index (χ1n) is 16.5. The molecule has 0 unspecified atom stereocenters. The molecule has 47 heavy (non-hydrogen) atoms. The van der Waals surface area contributed by atoms with Crippen LogP contribution in [-0.2, 0) is 17.6 Å². The first kappa shape index (κ1) is 34.6. The molecule has 0 saturated carbocycles. The number of nitrogens with two attached hydrogens (primary N) is 1. The zero-order valence-electron chi connectivity index (χ0n) is 27.5. The van der Waals surface area contributed by atoms with Gasteiger partial charge in [0.1, 0.15) is 12.4 Å². The van der Waals surface area contributed by atoms with Crippen LogP contribution in [0.3, 0.4) is 0 Å². The number of hydrogen-bond acceptors (Lipinski definition) is 11. The fourth-order valence-corrected chi connectivity index (χ4v) is 7.03. The van der Waals surface area contributed by atoms with Gasteiger partial charge < -0.3 is 50.4 Å². The molecule has 3 aromatic rings. The third-order valence-electron chi connectivity index (χ3n) is 9.60. The highest BCUT2D eigenvalue weighted by Gasteiger charge is 2.39. The second kappa shape index (κ2) is 15.9. The Labute approximate surface area is 276 Å². The normalized spacial score (nSPS) is 26.1. The van der Waals surface area contributed by atoms with Crippen molar-refractivity contribution in [3.05, 3.63) is 65.4 Å². The number of hydrogen-bond donors (Lipinski definition) is 6. The summed E-state index contributed by atoms with van der Waals surface area (Å²) in [5, 5.41) is 45.9. The van der Waals surface area contributed by atoms with E-state index in [4.69, 9.17) is 24.7 Å². The fraction of sp³-hybridized carbons (Fsp3) is 0.528. The van der Waals surface area contributed by atoms with E-state index in [1.807, 2.05) is 18.2 Å². The van der Waals surface area contributed by atoms with Crippen LogP contribution in [0.4, 0.5) is 5.82 Å². The maximum absolute atomic E-state index is 11.3. The van der Waals surface area contributed by atoms with Crippen LogP contribution in [0, 0.1) is 11.8 Å². The summed E-state index contributed by atoms with van der Waals surface area (Å²) in [7, 11) is 3.00. The summed E-state index contributed by atoms with van der Waals surface area (Å²) in [5.41, 5.74) is 8.73. The minimum absolute atomic E-state index is 0.0278. The highest BCUT2D eigenvalue weighted by Crippen LogP contribution is 2.45. The number of benzene rings is 2. The van der Waals surface area contributed by atoms with Gasteiger partial charge in [-0.15, -0.1) is 0 Å². The molecular weight excluding hydrogens is 602 g/mol. The number of nitrogens with zero attached hydrogens (tertiary/aromatic N) is 1. The third-order valence-corrected chi connectivity index (χ3v) is 9.60. The van der Waals surface area contributed by atoms with Crippen LogP contribution in [0.1, 0.15) is 61.8 Å². The van der Waals surface area contributed by atoms with Crippen LogP contribution in [0.25, 0.3) is 0 Å². The van der Waals surface area contributed by atoms with Gasteiger partial charge in [0.25, 0.3) is 0 Å². The Morgan fingerprint density at radius 2 is 1.77 bits per heavy atom. The third kappa shape index (κ3) is 8.58. The Morgan fingerprint density at radius 3 is 2.51 bits per heavy atom. The molecule has 1 aromatic heterocycles. The first-order valence-corrected chi connectivity index (χ1v) is 16.5. The molecule has 7 N–H and O–H groups in total. The molecule has 2 fully saturated rings. The number of aromatic hydroxyl groups is 2. The highest BCUT2D eigenvalue weighted by atomic mass is 16.5. The van der Waals surface area contributed by atoms with E-state index in [-0.39, 0.29) is 47.7 Å². The quantitative estimate of drug-likeness (QED) is 0.156. The Kier molecular flexibility index (Phi) is 11.7. The predicted molar refractivity (Wildman–Crippen MR) is 178 cm³/mol. The molecule has 2 saturated heterocycles. The predicted octanol–water partition coefficient (Wildman–Crippen LogP) is 4.29. The van der Waals surface area contributed by atoms with Gasteiger partial charge in [-0.2, -0.15) is 0 Å². The number of ether oxygens (including phenoxy) is 4. The Morgan fingerprint density at radius 1 is 0.979 bits per heavy atom. The number of nitrogen functional groups attached to an aromatic ring is 1. The van der Waals surface area contributed by atoms with Gasteiger partial charge in [-0.1, -0.05) is 6.07 Å². The molecule has 0 bridgehead atoms. The van der Waals surface area contributed by atoms with Gasteiger partial charge in [0.05, 0.1) is 32.5 Å². The van der Waals surface area contributed by atoms with E-state index in [0.717, 1.165) is 30.4 Å². The average Bonchev–Trinajstić information content (AvgIpc) is 3.06. The Hall–Kier alpha value is -3.77. The highest BCUT2D eigenvalue weighted by molar-refractivity contribution is 5.53. The smallest absolute Gasteiger partial charge is 0.200 e. The Bertz CT molecular complexity index is 1470. The van der Waals surface area contributed by atoms with Crippen LogP contribution in [0.15, 0.2) is 48.7 Å². The second-order valence-corrected chi connectivity index (χ2v) is 12.9. The molecule has 2 aliphatic heterocycles. The molecule has 256 valence electrons. The van der Waals surface area contributed by atoms with Crippen LogP contribution in [-0.4, -0.2) is 77.1 Å². The SMILES string of the molecule is COc1cc(CC[C@H]2C[C@H](O)[C@H](CCO)[C@@H](c3cc(OC)c(O)c(OC[C@H]4N[C@@H](C)CC[C@@H]4Cc4ccnc(N)c4)c3)O2)ccc1O. The molecule has 2 aromatic carbocycles. The van der Waals surface area contributed by atoms with Crippen molar-refractivity contribution in [2.75, 3.05) is 33.2 Å². The number of phenols is 2.